The van der Waals surface area contributed by atoms with Crippen molar-refractivity contribution in [2.24, 2.45) is 29.6 Å². The molecule has 0 bridgehead atoms. The second-order valence-corrected chi connectivity index (χ2v) is 9.43. The van der Waals surface area contributed by atoms with Gasteiger partial charge in [0.25, 0.3) is 0 Å². The first-order chi connectivity index (χ1) is 12.8. The maximum atomic E-state index is 12.4. The number of ether oxygens (including phenoxy) is 1. The Morgan fingerprint density at radius 1 is 0.731 bits per heavy atom. The van der Waals surface area contributed by atoms with Crippen molar-refractivity contribution in [3.05, 3.63) is 12.4 Å². The molecule has 0 spiro atoms. The molecule has 0 saturated heterocycles. The third-order valence-electron chi connectivity index (χ3n) is 7.88. The molecule has 150 valence electrons. The van der Waals surface area contributed by atoms with Gasteiger partial charge in [-0.25, -0.2) is 4.39 Å². The van der Waals surface area contributed by atoms with Gasteiger partial charge in [0, 0.05) is 6.61 Å². The van der Waals surface area contributed by atoms with Crippen molar-refractivity contribution < 1.29 is 9.13 Å². The van der Waals surface area contributed by atoms with Crippen molar-refractivity contribution in [2.45, 2.75) is 103 Å². The molecule has 0 amide bonds. The molecule has 0 aromatic carbocycles. The molecule has 3 rings (SSSR count). The zero-order chi connectivity index (χ0) is 18.2. The smallest absolute Gasteiger partial charge is 0.0829 e. The van der Waals surface area contributed by atoms with Gasteiger partial charge in [-0.3, -0.25) is 0 Å². The van der Waals surface area contributed by atoms with Gasteiger partial charge in [0.05, 0.1) is 12.4 Å². The third kappa shape index (κ3) is 5.81. The third-order valence-corrected chi connectivity index (χ3v) is 7.88. The summed E-state index contributed by atoms with van der Waals surface area (Å²) in [6.07, 6.45) is 22.0. The first kappa shape index (κ1) is 20.4. The molecular weight excluding hydrogens is 323 g/mol. The fraction of sp³-hybridized carbons (Fsp3) is 0.917. The molecule has 2 heteroatoms. The summed E-state index contributed by atoms with van der Waals surface area (Å²) < 4.78 is 18.4. The SMILES string of the molecule is CCCCOC1CCC(C2CCC(C3CCC(/C=C/F)CC3)CC2)CC1. The molecule has 1 nitrogen and oxygen atoms in total. The van der Waals surface area contributed by atoms with Crippen molar-refractivity contribution in [1.82, 2.24) is 0 Å². The highest BCUT2D eigenvalue weighted by Gasteiger charge is 2.34. The van der Waals surface area contributed by atoms with E-state index in [1.54, 1.807) is 6.08 Å². The number of hydrogen-bond donors (Lipinski definition) is 0. The fourth-order valence-electron chi connectivity index (χ4n) is 6.12. The quantitative estimate of drug-likeness (QED) is 0.426. The summed E-state index contributed by atoms with van der Waals surface area (Å²) in [5, 5.41) is 0. The Balaban J connectivity index is 1.33. The molecule has 0 aliphatic heterocycles. The minimum atomic E-state index is 0.516. The number of rotatable bonds is 7. The highest BCUT2D eigenvalue weighted by Crippen LogP contribution is 2.45. The van der Waals surface area contributed by atoms with Crippen LogP contribution < -0.4 is 0 Å². The second kappa shape index (κ2) is 10.8. The average molecular weight is 365 g/mol. The molecule has 3 saturated carbocycles. The number of halogens is 1. The molecule has 0 heterocycles. The van der Waals surface area contributed by atoms with Crippen molar-refractivity contribution in [3.63, 3.8) is 0 Å². The highest BCUT2D eigenvalue weighted by atomic mass is 19.1. The predicted octanol–water partition coefficient (Wildman–Crippen LogP) is 7.46. The zero-order valence-corrected chi connectivity index (χ0v) is 17.0. The van der Waals surface area contributed by atoms with Crippen molar-refractivity contribution in [2.75, 3.05) is 6.61 Å². The summed E-state index contributed by atoms with van der Waals surface area (Å²) in [6.45, 7) is 3.21. The Labute approximate surface area is 161 Å². The Morgan fingerprint density at radius 2 is 1.19 bits per heavy atom. The topological polar surface area (TPSA) is 9.23 Å². The summed E-state index contributed by atoms with van der Waals surface area (Å²) in [5.41, 5.74) is 0. The Hall–Kier alpha value is -0.370. The Morgan fingerprint density at radius 3 is 1.65 bits per heavy atom. The lowest BCUT2D eigenvalue weighted by Crippen LogP contribution is -2.31. The van der Waals surface area contributed by atoms with E-state index >= 15 is 0 Å². The van der Waals surface area contributed by atoms with Crippen LogP contribution in [0.5, 0.6) is 0 Å². The van der Waals surface area contributed by atoms with E-state index in [2.05, 4.69) is 6.92 Å². The van der Waals surface area contributed by atoms with E-state index in [9.17, 15) is 4.39 Å². The standard InChI is InChI=1S/C24H41FO/c1-2-3-18-26-24-14-12-23(13-15-24)22-10-8-21(9-11-22)20-6-4-19(5-7-20)16-17-25/h16-17,19-24H,2-15,18H2,1H3/b17-16+. The highest BCUT2D eigenvalue weighted by molar-refractivity contribution is 4.90. The van der Waals surface area contributed by atoms with Gasteiger partial charge in [0.2, 0.25) is 0 Å². The Bertz CT molecular complexity index is 396. The Kier molecular flexibility index (Phi) is 8.49. The maximum absolute atomic E-state index is 12.4. The zero-order valence-electron chi connectivity index (χ0n) is 17.0. The van der Waals surface area contributed by atoms with Gasteiger partial charge in [-0.05, 0) is 113 Å². The van der Waals surface area contributed by atoms with Gasteiger partial charge in [0.1, 0.15) is 0 Å². The van der Waals surface area contributed by atoms with E-state index in [4.69, 9.17) is 4.74 Å². The summed E-state index contributed by atoms with van der Waals surface area (Å²) in [4.78, 5) is 0. The summed E-state index contributed by atoms with van der Waals surface area (Å²) >= 11 is 0. The van der Waals surface area contributed by atoms with Crippen molar-refractivity contribution in [1.29, 1.82) is 0 Å². The normalized spacial score (nSPS) is 39.3. The van der Waals surface area contributed by atoms with Crippen LogP contribution in [0, 0.1) is 29.6 Å². The van der Waals surface area contributed by atoms with Gasteiger partial charge in [0.15, 0.2) is 0 Å². The molecule has 0 aromatic rings. The fourth-order valence-corrected chi connectivity index (χ4v) is 6.12. The minimum absolute atomic E-state index is 0.516. The van der Waals surface area contributed by atoms with Crippen LogP contribution in [0.15, 0.2) is 12.4 Å². The van der Waals surface area contributed by atoms with Gasteiger partial charge < -0.3 is 4.74 Å². The van der Waals surface area contributed by atoms with Crippen LogP contribution in [-0.2, 0) is 4.74 Å². The molecular formula is C24H41FO. The monoisotopic (exact) mass is 364 g/mol. The van der Waals surface area contributed by atoms with Crippen molar-refractivity contribution >= 4 is 0 Å². The largest absolute Gasteiger partial charge is 0.378 e. The van der Waals surface area contributed by atoms with Gasteiger partial charge in [-0.2, -0.15) is 0 Å². The second-order valence-electron chi connectivity index (χ2n) is 9.43. The summed E-state index contributed by atoms with van der Waals surface area (Å²) in [6, 6.07) is 0. The summed E-state index contributed by atoms with van der Waals surface area (Å²) in [7, 11) is 0. The van der Waals surface area contributed by atoms with E-state index in [-0.39, 0.29) is 0 Å². The van der Waals surface area contributed by atoms with Crippen LogP contribution in [0.1, 0.15) is 96.8 Å². The van der Waals surface area contributed by atoms with Crippen LogP contribution in [0.4, 0.5) is 4.39 Å². The maximum Gasteiger partial charge on any atom is 0.0829 e. The van der Waals surface area contributed by atoms with Crippen LogP contribution in [0.2, 0.25) is 0 Å². The lowest BCUT2D eigenvalue weighted by molar-refractivity contribution is 0.00437. The molecule has 3 aliphatic rings. The number of unbranched alkanes of at least 4 members (excludes halogenated alkanes) is 1. The van der Waals surface area contributed by atoms with E-state index in [0.717, 1.165) is 36.6 Å². The van der Waals surface area contributed by atoms with Gasteiger partial charge in [-0.15, -0.1) is 0 Å². The molecule has 26 heavy (non-hydrogen) atoms. The first-order valence-electron chi connectivity index (χ1n) is 11.7. The lowest BCUT2D eigenvalue weighted by atomic mass is 9.65. The molecule has 0 unspecified atom stereocenters. The van der Waals surface area contributed by atoms with Gasteiger partial charge >= 0.3 is 0 Å². The first-order valence-corrected chi connectivity index (χ1v) is 11.7. The predicted molar refractivity (Wildman–Crippen MR) is 108 cm³/mol. The molecule has 3 fully saturated rings. The van der Waals surface area contributed by atoms with E-state index in [1.165, 1.54) is 89.9 Å². The molecule has 3 aliphatic carbocycles. The molecule has 0 N–H and O–H groups in total. The van der Waals surface area contributed by atoms with E-state index in [0.29, 0.717) is 12.0 Å². The number of allylic oxidation sites excluding steroid dienone is 1. The summed E-state index contributed by atoms with van der Waals surface area (Å²) in [5.74, 6) is 4.39. The van der Waals surface area contributed by atoms with E-state index < -0.39 is 0 Å². The van der Waals surface area contributed by atoms with Gasteiger partial charge in [-0.1, -0.05) is 19.4 Å². The van der Waals surface area contributed by atoms with E-state index in [1.807, 2.05) is 0 Å². The molecule has 0 radical (unpaired) electrons. The minimum Gasteiger partial charge on any atom is -0.378 e. The molecule has 0 aromatic heterocycles. The van der Waals surface area contributed by atoms with Crippen LogP contribution in [-0.4, -0.2) is 12.7 Å². The van der Waals surface area contributed by atoms with Crippen LogP contribution in [0.25, 0.3) is 0 Å². The van der Waals surface area contributed by atoms with Crippen molar-refractivity contribution in [3.8, 4) is 0 Å². The number of hydrogen-bond acceptors (Lipinski definition) is 1. The van der Waals surface area contributed by atoms with Crippen LogP contribution in [0.3, 0.4) is 0 Å². The average Bonchev–Trinajstić information content (AvgIpc) is 2.70. The van der Waals surface area contributed by atoms with Crippen LogP contribution >= 0.6 is 0 Å². The lowest BCUT2D eigenvalue weighted by Gasteiger charge is -2.41. The molecule has 0 atom stereocenters.